The molecule has 0 heterocycles. The van der Waals surface area contributed by atoms with E-state index in [-0.39, 0.29) is 17.8 Å². The van der Waals surface area contributed by atoms with Crippen LogP contribution in [0.5, 0.6) is 0 Å². The number of hydrogen-bond acceptors (Lipinski definition) is 6. The molecule has 30 heavy (non-hydrogen) atoms. The van der Waals surface area contributed by atoms with Crippen LogP contribution in [0.3, 0.4) is 0 Å². The molecular weight excluding hydrogens is 384 g/mol. The van der Waals surface area contributed by atoms with Crippen molar-refractivity contribution in [3.8, 4) is 0 Å². The van der Waals surface area contributed by atoms with Crippen molar-refractivity contribution in [1.29, 1.82) is 0 Å². The van der Waals surface area contributed by atoms with Crippen LogP contribution >= 0.6 is 0 Å². The van der Waals surface area contributed by atoms with Gasteiger partial charge in [-0.1, -0.05) is 77.9 Å². The summed E-state index contributed by atoms with van der Waals surface area (Å²) in [5, 5.41) is 0. The third-order valence-corrected chi connectivity index (χ3v) is 4.66. The number of ether oxygens (including phenoxy) is 3. The Morgan fingerprint density at radius 1 is 0.733 bits per heavy atom. The van der Waals surface area contributed by atoms with Crippen molar-refractivity contribution in [3.05, 3.63) is 24.3 Å². The van der Waals surface area contributed by atoms with E-state index in [9.17, 15) is 14.4 Å². The SMILES string of the molecule is C=C(C)C(=O)OCC(C)(OC(=O)C(=C)C)C(=O)OCCCCCCCCCCCC. The summed E-state index contributed by atoms with van der Waals surface area (Å²) in [7, 11) is 0. The molecular formula is C24H40O6. The van der Waals surface area contributed by atoms with Crippen molar-refractivity contribution in [2.45, 2.75) is 97.5 Å². The molecule has 0 radical (unpaired) electrons. The van der Waals surface area contributed by atoms with Crippen molar-refractivity contribution in [2.75, 3.05) is 13.2 Å². The molecule has 0 aromatic heterocycles. The zero-order chi connectivity index (χ0) is 23.0. The summed E-state index contributed by atoms with van der Waals surface area (Å²) >= 11 is 0. The normalized spacial score (nSPS) is 12.5. The molecule has 0 amide bonds. The number of hydrogen-bond donors (Lipinski definition) is 0. The summed E-state index contributed by atoms with van der Waals surface area (Å²) in [6.07, 6.45) is 11.7. The monoisotopic (exact) mass is 424 g/mol. The summed E-state index contributed by atoms with van der Waals surface area (Å²) < 4.78 is 15.5. The summed E-state index contributed by atoms with van der Waals surface area (Å²) in [6.45, 7) is 13.3. The topological polar surface area (TPSA) is 78.9 Å². The lowest BCUT2D eigenvalue weighted by molar-refractivity contribution is -0.186. The van der Waals surface area contributed by atoms with E-state index in [0.717, 1.165) is 19.3 Å². The lowest BCUT2D eigenvalue weighted by Crippen LogP contribution is -2.46. The van der Waals surface area contributed by atoms with E-state index in [1.807, 2.05) is 0 Å². The van der Waals surface area contributed by atoms with E-state index in [2.05, 4.69) is 20.1 Å². The van der Waals surface area contributed by atoms with Gasteiger partial charge in [-0.2, -0.15) is 0 Å². The molecule has 0 aliphatic heterocycles. The quantitative estimate of drug-likeness (QED) is 0.134. The number of esters is 3. The van der Waals surface area contributed by atoms with Gasteiger partial charge >= 0.3 is 17.9 Å². The fourth-order valence-electron chi connectivity index (χ4n) is 2.66. The Kier molecular flexibility index (Phi) is 14.6. The fraction of sp³-hybridized carbons (Fsp3) is 0.708. The molecule has 0 saturated carbocycles. The molecule has 0 aliphatic rings. The minimum Gasteiger partial charge on any atom is -0.463 e. The molecule has 6 heteroatoms. The number of carbonyl (C=O) groups is 3. The Labute approximate surface area is 182 Å². The molecule has 0 aliphatic carbocycles. The van der Waals surface area contributed by atoms with Crippen LogP contribution in [0.15, 0.2) is 24.3 Å². The molecule has 0 spiro atoms. The van der Waals surface area contributed by atoms with Gasteiger partial charge in [0.2, 0.25) is 5.60 Å². The first-order valence-corrected chi connectivity index (χ1v) is 11.0. The smallest absolute Gasteiger partial charge is 0.353 e. The van der Waals surface area contributed by atoms with Gasteiger partial charge in [-0.3, -0.25) is 0 Å². The summed E-state index contributed by atoms with van der Waals surface area (Å²) in [5.41, 5.74) is -1.42. The molecule has 1 unspecified atom stereocenters. The molecule has 0 aromatic rings. The van der Waals surface area contributed by atoms with E-state index in [4.69, 9.17) is 14.2 Å². The summed E-state index contributed by atoms with van der Waals surface area (Å²) in [4.78, 5) is 36.1. The van der Waals surface area contributed by atoms with Gasteiger partial charge in [-0.15, -0.1) is 0 Å². The maximum absolute atomic E-state index is 12.5. The average Bonchev–Trinajstić information content (AvgIpc) is 2.69. The third kappa shape index (κ3) is 12.5. The Bertz CT molecular complexity index is 580. The van der Waals surface area contributed by atoms with Gasteiger partial charge in [0.1, 0.15) is 6.61 Å². The molecule has 0 saturated heterocycles. The van der Waals surface area contributed by atoms with Crippen LogP contribution in [0.2, 0.25) is 0 Å². The molecule has 0 rings (SSSR count). The van der Waals surface area contributed by atoms with Crippen LogP contribution in [0.25, 0.3) is 0 Å². The first-order chi connectivity index (χ1) is 14.1. The highest BCUT2D eigenvalue weighted by molar-refractivity contribution is 5.91. The molecule has 0 fully saturated rings. The van der Waals surface area contributed by atoms with Crippen LogP contribution in [-0.2, 0) is 28.6 Å². The van der Waals surface area contributed by atoms with Crippen LogP contribution in [0.4, 0.5) is 0 Å². The number of carbonyl (C=O) groups excluding carboxylic acids is 3. The summed E-state index contributed by atoms with van der Waals surface area (Å²) in [5.74, 6) is -2.17. The molecule has 6 nitrogen and oxygen atoms in total. The third-order valence-electron chi connectivity index (χ3n) is 4.66. The molecule has 0 aromatic carbocycles. The second kappa shape index (κ2) is 15.7. The zero-order valence-electron chi connectivity index (χ0n) is 19.3. The van der Waals surface area contributed by atoms with E-state index in [1.54, 1.807) is 0 Å². The second-order valence-corrected chi connectivity index (χ2v) is 8.08. The van der Waals surface area contributed by atoms with E-state index >= 15 is 0 Å². The van der Waals surface area contributed by atoms with Gasteiger partial charge in [0.25, 0.3) is 0 Å². The maximum atomic E-state index is 12.5. The molecule has 0 N–H and O–H groups in total. The predicted molar refractivity (Wildman–Crippen MR) is 118 cm³/mol. The van der Waals surface area contributed by atoms with Gasteiger partial charge in [0.05, 0.1) is 6.61 Å². The van der Waals surface area contributed by atoms with Gasteiger partial charge in [-0.05, 0) is 27.2 Å². The second-order valence-electron chi connectivity index (χ2n) is 8.08. The van der Waals surface area contributed by atoms with Gasteiger partial charge in [0.15, 0.2) is 0 Å². The Morgan fingerprint density at radius 3 is 1.67 bits per heavy atom. The highest BCUT2D eigenvalue weighted by Gasteiger charge is 2.41. The van der Waals surface area contributed by atoms with Crippen LogP contribution in [0.1, 0.15) is 91.9 Å². The minimum atomic E-state index is -1.74. The molecule has 172 valence electrons. The van der Waals surface area contributed by atoms with Gasteiger partial charge < -0.3 is 14.2 Å². The van der Waals surface area contributed by atoms with Gasteiger partial charge in [-0.25, -0.2) is 14.4 Å². The molecule has 1 atom stereocenters. The van der Waals surface area contributed by atoms with Crippen molar-refractivity contribution in [1.82, 2.24) is 0 Å². The maximum Gasteiger partial charge on any atom is 0.353 e. The largest absolute Gasteiger partial charge is 0.463 e. The Morgan fingerprint density at radius 2 is 1.20 bits per heavy atom. The van der Waals surface area contributed by atoms with Crippen LogP contribution in [-0.4, -0.2) is 36.7 Å². The predicted octanol–water partition coefficient (Wildman–Crippen LogP) is 5.45. The number of unbranched alkanes of at least 4 members (excludes halogenated alkanes) is 9. The van der Waals surface area contributed by atoms with Gasteiger partial charge in [0, 0.05) is 11.1 Å². The van der Waals surface area contributed by atoms with Crippen LogP contribution < -0.4 is 0 Å². The van der Waals surface area contributed by atoms with Crippen molar-refractivity contribution in [2.24, 2.45) is 0 Å². The minimum absolute atomic E-state index is 0.134. The van der Waals surface area contributed by atoms with Crippen molar-refractivity contribution >= 4 is 17.9 Å². The highest BCUT2D eigenvalue weighted by atomic mass is 16.6. The Balaban J connectivity index is 4.34. The molecule has 0 bridgehead atoms. The zero-order valence-corrected chi connectivity index (χ0v) is 19.3. The fourth-order valence-corrected chi connectivity index (χ4v) is 2.66. The number of rotatable bonds is 17. The first-order valence-electron chi connectivity index (χ1n) is 11.0. The van der Waals surface area contributed by atoms with E-state index < -0.39 is 30.1 Å². The average molecular weight is 425 g/mol. The Hall–Kier alpha value is -2.11. The lowest BCUT2D eigenvalue weighted by atomic mass is 10.1. The standard InChI is InChI=1S/C24H40O6/c1-7-8-9-10-11-12-13-14-15-16-17-28-23(27)24(6,30-22(26)20(4)5)18-29-21(25)19(2)3/h2,4,7-18H2,1,3,5-6H3. The van der Waals surface area contributed by atoms with Crippen molar-refractivity contribution in [3.63, 3.8) is 0 Å². The van der Waals surface area contributed by atoms with E-state index in [0.29, 0.717) is 0 Å². The van der Waals surface area contributed by atoms with E-state index in [1.165, 1.54) is 65.7 Å². The lowest BCUT2D eigenvalue weighted by Gasteiger charge is -2.27. The van der Waals surface area contributed by atoms with Crippen molar-refractivity contribution < 1.29 is 28.6 Å². The van der Waals surface area contributed by atoms with Crippen LogP contribution in [0, 0.1) is 0 Å². The summed E-state index contributed by atoms with van der Waals surface area (Å²) in [6, 6.07) is 0. The first kappa shape index (κ1) is 27.9. The highest BCUT2D eigenvalue weighted by Crippen LogP contribution is 2.18.